The minimum Gasteiger partial charge on any atom is -0.481 e. The zero-order valence-electron chi connectivity index (χ0n) is 15.4. The van der Waals surface area contributed by atoms with Crippen molar-refractivity contribution in [3.05, 3.63) is 47.8 Å². The lowest BCUT2D eigenvalue weighted by Crippen LogP contribution is -2.36. The molecule has 0 saturated heterocycles. The predicted octanol–water partition coefficient (Wildman–Crippen LogP) is 3.02. The van der Waals surface area contributed by atoms with Crippen LogP contribution in [0.4, 0.5) is 16.2 Å². The average molecular weight is 366 g/mol. The standard InChI is InChI=1S/C20H22N4O3/c1-12-7-8-21-15(9-12)19(13-3-4-13)23-20(26)22-14-5-6-16-17(10-14)27-11-18(25)24(16)2/h5-10,13,19H,3-4,11H2,1-2H3,(H2,22,23,26)/t19-/m0/s1. The number of amides is 3. The number of nitrogens with zero attached hydrogens (tertiary/aromatic N) is 2. The molecule has 27 heavy (non-hydrogen) atoms. The summed E-state index contributed by atoms with van der Waals surface area (Å²) in [6.45, 7) is 2.02. The van der Waals surface area contributed by atoms with Gasteiger partial charge < -0.3 is 20.3 Å². The first kappa shape index (κ1) is 17.3. The molecule has 1 aliphatic carbocycles. The van der Waals surface area contributed by atoms with Gasteiger partial charge >= 0.3 is 6.03 Å². The number of pyridine rings is 1. The van der Waals surface area contributed by atoms with Crippen LogP contribution in [-0.4, -0.2) is 30.6 Å². The molecule has 1 atom stereocenters. The topological polar surface area (TPSA) is 83.6 Å². The number of carbonyl (C=O) groups is 2. The van der Waals surface area contributed by atoms with Crippen molar-refractivity contribution >= 4 is 23.3 Å². The van der Waals surface area contributed by atoms with E-state index in [1.165, 1.54) is 0 Å². The van der Waals surface area contributed by atoms with Crippen LogP contribution in [-0.2, 0) is 4.79 Å². The maximum atomic E-state index is 12.5. The summed E-state index contributed by atoms with van der Waals surface area (Å²) in [6, 6.07) is 8.84. The predicted molar refractivity (Wildman–Crippen MR) is 102 cm³/mol. The summed E-state index contributed by atoms with van der Waals surface area (Å²) < 4.78 is 5.47. The SMILES string of the molecule is Cc1ccnc([C@@H](NC(=O)Nc2ccc3c(c2)OCC(=O)N3C)C2CC2)c1. The summed E-state index contributed by atoms with van der Waals surface area (Å²) in [5.74, 6) is 0.907. The molecule has 3 amide bonds. The maximum Gasteiger partial charge on any atom is 0.319 e. The number of likely N-dealkylation sites (N-methyl/N-ethyl adjacent to an activating group) is 1. The minimum atomic E-state index is -0.282. The Morgan fingerprint density at radius 3 is 2.85 bits per heavy atom. The third kappa shape index (κ3) is 3.72. The van der Waals surface area contributed by atoms with Gasteiger partial charge in [0.1, 0.15) is 5.75 Å². The summed E-state index contributed by atoms with van der Waals surface area (Å²) in [5, 5.41) is 5.90. The Morgan fingerprint density at radius 1 is 1.30 bits per heavy atom. The Hall–Kier alpha value is -3.09. The molecule has 0 bridgehead atoms. The lowest BCUT2D eigenvalue weighted by Gasteiger charge is -2.26. The average Bonchev–Trinajstić information content (AvgIpc) is 3.48. The van der Waals surface area contributed by atoms with Gasteiger partial charge in [-0.15, -0.1) is 0 Å². The number of carbonyl (C=O) groups excluding carboxylic acids is 2. The number of aromatic nitrogens is 1. The van der Waals surface area contributed by atoms with Gasteiger partial charge in [-0.3, -0.25) is 9.78 Å². The van der Waals surface area contributed by atoms with Gasteiger partial charge in [0.05, 0.1) is 17.4 Å². The summed E-state index contributed by atoms with van der Waals surface area (Å²) in [5.41, 5.74) is 3.32. The molecule has 0 spiro atoms. The zero-order chi connectivity index (χ0) is 19.0. The lowest BCUT2D eigenvalue weighted by molar-refractivity contribution is -0.120. The van der Waals surface area contributed by atoms with Crippen molar-refractivity contribution < 1.29 is 14.3 Å². The van der Waals surface area contributed by atoms with Crippen LogP contribution >= 0.6 is 0 Å². The second kappa shape index (κ2) is 6.90. The van der Waals surface area contributed by atoms with Crippen LogP contribution in [0.25, 0.3) is 0 Å². The molecular weight excluding hydrogens is 344 g/mol. The van der Waals surface area contributed by atoms with E-state index < -0.39 is 0 Å². The minimum absolute atomic E-state index is 0.00192. The number of rotatable bonds is 4. The Balaban J connectivity index is 1.46. The Morgan fingerprint density at radius 2 is 2.11 bits per heavy atom. The van der Waals surface area contributed by atoms with Gasteiger partial charge in [-0.2, -0.15) is 0 Å². The highest BCUT2D eigenvalue weighted by Gasteiger charge is 2.34. The summed E-state index contributed by atoms with van der Waals surface area (Å²) >= 11 is 0. The Labute approximate surface area is 157 Å². The number of hydrogen-bond donors (Lipinski definition) is 2. The van der Waals surface area contributed by atoms with E-state index in [1.807, 2.05) is 19.1 Å². The number of benzene rings is 1. The molecule has 7 nitrogen and oxygen atoms in total. The molecule has 1 aromatic carbocycles. The van der Waals surface area contributed by atoms with Gasteiger partial charge in [0, 0.05) is 25.0 Å². The van der Waals surface area contributed by atoms with Crippen molar-refractivity contribution in [3.8, 4) is 5.75 Å². The molecule has 1 fully saturated rings. The number of aryl methyl sites for hydroxylation is 1. The molecular formula is C20H22N4O3. The van der Waals surface area contributed by atoms with E-state index in [-0.39, 0.29) is 24.6 Å². The zero-order valence-corrected chi connectivity index (χ0v) is 15.4. The first-order valence-electron chi connectivity index (χ1n) is 9.05. The number of ether oxygens (including phenoxy) is 1. The van der Waals surface area contributed by atoms with Crippen LogP contribution < -0.4 is 20.3 Å². The smallest absolute Gasteiger partial charge is 0.319 e. The monoisotopic (exact) mass is 366 g/mol. The molecule has 0 radical (unpaired) electrons. The van der Waals surface area contributed by atoms with Crippen molar-refractivity contribution in [3.63, 3.8) is 0 Å². The van der Waals surface area contributed by atoms with Crippen LogP contribution in [0.15, 0.2) is 36.5 Å². The van der Waals surface area contributed by atoms with Crippen LogP contribution in [0, 0.1) is 12.8 Å². The van der Waals surface area contributed by atoms with Crippen LogP contribution in [0.1, 0.15) is 30.1 Å². The van der Waals surface area contributed by atoms with Crippen molar-refractivity contribution in [2.45, 2.75) is 25.8 Å². The highest BCUT2D eigenvalue weighted by Crippen LogP contribution is 2.40. The summed E-state index contributed by atoms with van der Waals surface area (Å²) in [7, 11) is 1.71. The van der Waals surface area contributed by atoms with E-state index in [1.54, 1.807) is 36.3 Å². The largest absolute Gasteiger partial charge is 0.481 e. The van der Waals surface area contributed by atoms with Crippen molar-refractivity contribution in [1.82, 2.24) is 10.3 Å². The molecule has 1 aliphatic heterocycles. The molecule has 0 unspecified atom stereocenters. The highest BCUT2D eigenvalue weighted by atomic mass is 16.5. The number of urea groups is 1. The second-order valence-electron chi connectivity index (χ2n) is 7.10. The second-order valence-corrected chi connectivity index (χ2v) is 7.10. The molecule has 7 heteroatoms. The lowest BCUT2D eigenvalue weighted by atomic mass is 10.1. The number of fused-ring (bicyclic) bond motifs is 1. The highest BCUT2D eigenvalue weighted by molar-refractivity contribution is 5.98. The molecule has 1 aromatic heterocycles. The molecule has 2 heterocycles. The van der Waals surface area contributed by atoms with Crippen molar-refractivity contribution in [2.24, 2.45) is 5.92 Å². The first-order valence-corrected chi connectivity index (χ1v) is 9.05. The van der Waals surface area contributed by atoms with E-state index in [9.17, 15) is 9.59 Å². The Kier molecular flexibility index (Phi) is 4.43. The van der Waals surface area contributed by atoms with Crippen molar-refractivity contribution in [1.29, 1.82) is 0 Å². The number of nitrogens with one attached hydrogen (secondary N) is 2. The molecule has 2 N–H and O–H groups in total. The molecule has 140 valence electrons. The summed E-state index contributed by atoms with van der Waals surface area (Å²) in [6.07, 6.45) is 3.96. The Bertz CT molecular complexity index is 895. The van der Waals surface area contributed by atoms with Gasteiger partial charge in [0.25, 0.3) is 5.91 Å². The van der Waals surface area contributed by atoms with Crippen LogP contribution in [0.5, 0.6) is 5.75 Å². The van der Waals surface area contributed by atoms with Crippen LogP contribution in [0.2, 0.25) is 0 Å². The van der Waals surface area contributed by atoms with Gasteiger partial charge in [-0.25, -0.2) is 4.79 Å². The molecule has 1 saturated carbocycles. The van der Waals surface area contributed by atoms with E-state index in [0.717, 1.165) is 24.1 Å². The third-order valence-electron chi connectivity index (χ3n) is 4.94. The fraction of sp³-hybridized carbons (Fsp3) is 0.350. The number of hydrogen-bond acceptors (Lipinski definition) is 4. The van der Waals surface area contributed by atoms with Gasteiger partial charge in [-0.1, -0.05) is 0 Å². The third-order valence-corrected chi connectivity index (χ3v) is 4.94. The van der Waals surface area contributed by atoms with Gasteiger partial charge in [0.15, 0.2) is 6.61 Å². The van der Waals surface area contributed by atoms with Gasteiger partial charge in [-0.05, 0) is 55.5 Å². The molecule has 4 rings (SSSR count). The first-order chi connectivity index (χ1) is 13.0. The fourth-order valence-corrected chi connectivity index (χ4v) is 3.26. The summed E-state index contributed by atoms with van der Waals surface area (Å²) in [4.78, 5) is 30.2. The van der Waals surface area contributed by atoms with Gasteiger partial charge in [0.2, 0.25) is 0 Å². The maximum absolute atomic E-state index is 12.5. The normalized spacial score (nSPS) is 17.0. The van der Waals surface area contributed by atoms with E-state index in [0.29, 0.717) is 23.0 Å². The van der Waals surface area contributed by atoms with Crippen molar-refractivity contribution in [2.75, 3.05) is 23.9 Å². The number of anilines is 2. The molecule has 2 aliphatic rings. The van der Waals surface area contributed by atoms with E-state index >= 15 is 0 Å². The molecule has 2 aromatic rings. The van der Waals surface area contributed by atoms with E-state index in [2.05, 4.69) is 15.6 Å². The van der Waals surface area contributed by atoms with Crippen LogP contribution in [0.3, 0.4) is 0 Å². The van der Waals surface area contributed by atoms with E-state index in [4.69, 9.17) is 4.74 Å². The fourth-order valence-electron chi connectivity index (χ4n) is 3.26. The quantitative estimate of drug-likeness (QED) is 0.871.